The molecule has 1 amide bonds. The highest BCUT2D eigenvalue weighted by Gasteiger charge is 2.25. The van der Waals surface area contributed by atoms with Crippen LogP contribution in [-0.4, -0.2) is 29.6 Å². The molecule has 0 saturated carbocycles. The molecule has 0 bridgehead atoms. The van der Waals surface area contributed by atoms with E-state index < -0.39 is 6.23 Å². The minimum atomic E-state index is -0.854. The van der Waals surface area contributed by atoms with Crippen LogP contribution in [0.4, 0.5) is 5.69 Å². The van der Waals surface area contributed by atoms with Crippen LogP contribution in [0.15, 0.2) is 53.5 Å². The summed E-state index contributed by atoms with van der Waals surface area (Å²) in [6, 6.07) is 14.7. The molecule has 5 nitrogen and oxygen atoms in total. The number of fused-ring (bicyclic) bond motifs is 1. The van der Waals surface area contributed by atoms with Gasteiger partial charge in [-0.2, -0.15) is 0 Å². The fraction of sp³-hybridized carbons (Fsp3) is 0.176. The first-order valence-corrected chi connectivity index (χ1v) is 7.61. The molecule has 23 heavy (non-hydrogen) atoms. The number of halogens is 1. The first kappa shape index (κ1) is 15.5. The molecule has 1 aliphatic rings. The molecule has 1 heterocycles. The van der Waals surface area contributed by atoms with Gasteiger partial charge in [0.15, 0.2) is 6.23 Å². The van der Waals surface area contributed by atoms with E-state index in [0.29, 0.717) is 10.7 Å². The van der Waals surface area contributed by atoms with Gasteiger partial charge in [0.05, 0.1) is 12.1 Å². The maximum absolute atomic E-state index is 11.9. The summed E-state index contributed by atoms with van der Waals surface area (Å²) in [7, 11) is 0. The Labute approximate surface area is 139 Å². The van der Waals surface area contributed by atoms with Gasteiger partial charge in [-0.05, 0) is 17.7 Å². The van der Waals surface area contributed by atoms with Crippen molar-refractivity contribution in [1.29, 1.82) is 0 Å². The number of nitrogens with zero attached hydrogens (tertiary/aromatic N) is 1. The molecule has 0 fully saturated rings. The van der Waals surface area contributed by atoms with Crippen LogP contribution >= 0.6 is 11.6 Å². The van der Waals surface area contributed by atoms with Gasteiger partial charge in [-0.15, -0.1) is 0 Å². The van der Waals surface area contributed by atoms with Gasteiger partial charge in [0.1, 0.15) is 6.67 Å². The van der Waals surface area contributed by atoms with Crippen molar-refractivity contribution in [2.24, 2.45) is 4.99 Å². The first-order valence-electron chi connectivity index (χ1n) is 7.23. The Morgan fingerprint density at radius 1 is 1.22 bits per heavy atom. The van der Waals surface area contributed by atoms with Crippen LogP contribution in [0.3, 0.4) is 0 Å². The van der Waals surface area contributed by atoms with Crippen molar-refractivity contribution < 1.29 is 9.90 Å². The Morgan fingerprint density at radius 3 is 2.78 bits per heavy atom. The zero-order chi connectivity index (χ0) is 16.2. The highest BCUT2D eigenvalue weighted by Crippen LogP contribution is 2.24. The third-order valence-corrected chi connectivity index (χ3v) is 3.96. The van der Waals surface area contributed by atoms with Gasteiger partial charge in [-0.1, -0.05) is 48.0 Å². The largest absolute Gasteiger partial charge is 0.368 e. The first-order chi connectivity index (χ1) is 11.1. The average Bonchev–Trinajstić information content (AvgIpc) is 2.86. The van der Waals surface area contributed by atoms with E-state index in [2.05, 4.69) is 15.6 Å². The lowest BCUT2D eigenvalue weighted by molar-refractivity contribution is -0.120. The maximum Gasteiger partial charge on any atom is 0.225 e. The molecular weight excluding hydrogens is 314 g/mol. The second-order valence-electron chi connectivity index (χ2n) is 5.16. The van der Waals surface area contributed by atoms with Crippen molar-refractivity contribution in [3.8, 4) is 0 Å². The number of aliphatic hydroxyl groups excluding tert-OH is 1. The van der Waals surface area contributed by atoms with Gasteiger partial charge in [0.2, 0.25) is 5.91 Å². The number of rotatable bonds is 4. The third kappa shape index (κ3) is 3.52. The molecule has 1 atom stereocenters. The van der Waals surface area contributed by atoms with Crippen molar-refractivity contribution >= 4 is 28.9 Å². The van der Waals surface area contributed by atoms with Crippen molar-refractivity contribution in [3.05, 3.63) is 64.7 Å². The van der Waals surface area contributed by atoms with Crippen LogP contribution in [0.25, 0.3) is 0 Å². The molecule has 1 aliphatic heterocycles. The fourth-order valence-electron chi connectivity index (χ4n) is 2.46. The van der Waals surface area contributed by atoms with Crippen molar-refractivity contribution in [1.82, 2.24) is 5.32 Å². The molecular formula is C17H16ClN3O2. The second kappa shape index (κ2) is 6.81. The smallest absolute Gasteiger partial charge is 0.225 e. The number of anilines is 1. The van der Waals surface area contributed by atoms with Crippen molar-refractivity contribution in [3.63, 3.8) is 0 Å². The lowest BCUT2D eigenvalue weighted by Crippen LogP contribution is -2.28. The minimum Gasteiger partial charge on any atom is -0.368 e. The Hall–Kier alpha value is -2.37. The molecule has 1 unspecified atom stereocenters. The normalized spacial score (nSPS) is 17.7. The predicted octanol–water partition coefficient (Wildman–Crippen LogP) is 2.19. The lowest BCUT2D eigenvalue weighted by Gasteiger charge is -2.07. The number of benzene rings is 2. The number of amides is 1. The van der Waals surface area contributed by atoms with Crippen molar-refractivity contribution in [2.75, 3.05) is 12.0 Å². The minimum absolute atomic E-state index is 0.103. The lowest BCUT2D eigenvalue weighted by atomic mass is 10.1. The number of carbonyl (C=O) groups is 1. The van der Waals surface area contributed by atoms with Gasteiger partial charge in [-0.3, -0.25) is 9.79 Å². The average molecular weight is 330 g/mol. The summed E-state index contributed by atoms with van der Waals surface area (Å²) in [5.74, 6) is -0.170. The quantitative estimate of drug-likeness (QED) is 0.805. The van der Waals surface area contributed by atoms with Crippen LogP contribution in [0.2, 0.25) is 5.02 Å². The Kier molecular flexibility index (Phi) is 4.60. The number of para-hydroxylation sites is 1. The zero-order valence-electron chi connectivity index (χ0n) is 12.3. The molecule has 0 radical (unpaired) electrons. The number of hydrogen-bond acceptors (Lipinski definition) is 4. The number of aliphatic hydroxyl groups is 1. The summed E-state index contributed by atoms with van der Waals surface area (Å²) in [4.78, 5) is 16.2. The highest BCUT2D eigenvalue weighted by atomic mass is 35.5. The Balaban J connectivity index is 1.61. The summed E-state index contributed by atoms with van der Waals surface area (Å²) in [6.07, 6.45) is -0.657. The molecule has 3 N–H and O–H groups in total. The molecule has 0 aromatic heterocycles. The monoisotopic (exact) mass is 329 g/mol. The van der Waals surface area contributed by atoms with E-state index in [0.717, 1.165) is 16.8 Å². The molecule has 0 spiro atoms. The molecule has 0 aliphatic carbocycles. The van der Waals surface area contributed by atoms with Crippen LogP contribution in [0, 0.1) is 0 Å². The molecule has 2 aromatic rings. The second-order valence-corrected chi connectivity index (χ2v) is 5.57. The third-order valence-electron chi connectivity index (χ3n) is 3.59. The zero-order valence-corrected chi connectivity index (χ0v) is 13.0. The molecule has 2 aromatic carbocycles. The van der Waals surface area contributed by atoms with Crippen LogP contribution in [0.5, 0.6) is 0 Å². The molecule has 118 valence electrons. The maximum atomic E-state index is 11.9. The number of carbonyl (C=O) groups excluding carboxylic acids is 1. The Bertz CT molecular complexity index is 761. The predicted molar refractivity (Wildman–Crippen MR) is 90.8 cm³/mol. The van der Waals surface area contributed by atoms with E-state index in [1.54, 1.807) is 6.07 Å². The van der Waals surface area contributed by atoms with E-state index in [9.17, 15) is 9.90 Å². The SMILES string of the molecule is O=C(Cc1ccccc1Cl)NC/N=C1/c2ccccc2NC1O. The Morgan fingerprint density at radius 2 is 1.96 bits per heavy atom. The number of nitrogens with one attached hydrogen (secondary N) is 2. The molecule has 6 heteroatoms. The van der Waals surface area contributed by atoms with Gasteiger partial charge >= 0.3 is 0 Å². The summed E-state index contributed by atoms with van der Waals surface area (Å²) < 4.78 is 0. The van der Waals surface area contributed by atoms with Gasteiger partial charge in [0.25, 0.3) is 0 Å². The van der Waals surface area contributed by atoms with Crippen LogP contribution in [-0.2, 0) is 11.2 Å². The summed E-state index contributed by atoms with van der Waals surface area (Å²) in [5.41, 5.74) is 2.98. The summed E-state index contributed by atoms with van der Waals surface area (Å²) in [6.45, 7) is 0.103. The van der Waals surface area contributed by atoms with Crippen molar-refractivity contribution in [2.45, 2.75) is 12.6 Å². The van der Waals surface area contributed by atoms with E-state index >= 15 is 0 Å². The van der Waals surface area contributed by atoms with Crippen LogP contribution in [0.1, 0.15) is 11.1 Å². The number of hydrogen-bond donors (Lipinski definition) is 3. The number of aliphatic imine (C=N–C) groups is 1. The standard InChI is InChI=1S/C17H16ClN3O2/c18-13-7-3-1-5-11(13)9-15(22)19-10-20-16-12-6-2-4-8-14(12)21-17(16)23/h1-8,17,21,23H,9-10H2,(H,19,22)/b20-16-. The van der Waals surface area contributed by atoms with E-state index in [1.807, 2.05) is 42.5 Å². The van der Waals surface area contributed by atoms with Gasteiger partial charge < -0.3 is 15.7 Å². The van der Waals surface area contributed by atoms with Gasteiger partial charge in [0, 0.05) is 16.3 Å². The summed E-state index contributed by atoms with van der Waals surface area (Å²) in [5, 5.41) is 16.2. The van der Waals surface area contributed by atoms with E-state index in [-0.39, 0.29) is 19.0 Å². The molecule has 0 saturated heterocycles. The van der Waals surface area contributed by atoms with Crippen LogP contribution < -0.4 is 10.6 Å². The van der Waals surface area contributed by atoms with E-state index in [1.165, 1.54) is 0 Å². The summed E-state index contributed by atoms with van der Waals surface area (Å²) >= 11 is 6.03. The van der Waals surface area contributed by atoms with Gasteiger partial charge in [-0.25, -0.2) is 0 Å². The molecule has 3 rings (SSSR count). The fourth-order valence-corrected chi connectivity index (χ4v) is 2.66. The van der Waals surface area contributed by atoms with E-state index in [4.69, 9.17) is 11.6 Å². The highest BCUT2D eigenvalue weighted by molar-refractivity contribution is 6.31. The topological polar surface area (TPSA) is 73.7 Å².